The zero-order valence-corrected chi connectivity index (χ0v) is 21.6. The van der Waals surface area contributed by atoms with E-state index in [1.54, 1.807) is 12.1 Å². The predicted octanol–water partition coefficient (Wildman–Crippen LogP) is 4.92. The maximum Gasteiger partial charge on any atom is 0.416 e. The van der Waals surface area contributed by atoms with Crippen LogP contribution in [0.4, 0.5) is 13.2 Å². The van der Waals surface area contributed by atoms with Gasteiger partial charge in [-0.3, -0.25) is 4.79 Å². The van der Waals surface area contributed by atoms with Crippen molar-refractivity contribution in [3.63, 3.8) is 0 Å². The average Bonchev–Trinajstić information content (AvgIpc) is 3.56. The standard InChI is InChI=1S/C29H26F3NO7/c1-36-22-7-15(8-23(37-2)27(22)34)24-17-9-20-21(40-13-39-20)10-18(17)26(19-12-38-28(35)25(19)24)33-11-14-3-5-16(6-4-14)29(30,31)32/h3-10,19,24-26,33-34H,11-13H2,1-2H3/t19-,24+,25-,26+/m0/s1. The number of fused-ring (bicyclic) bond motifs is 3. The Labute approximate surface area is 227 Å². The minimum atomic E-state index is -4.42. The smallest absolute Gasteiger partial charge is 0.416 e. The number of halogens is 3. The van der Waals surface area contributed by atoms with E-state index >= 15 is 0 Å². The van der Waals surface area contributed by atoms with Gasteiger partial charge in [-0.25, -0.2) is 0 Å². The Morgan fingerprint density at radius 3 is 2.17 bits per heavy atom. The van der Waals surface area contributed by atoms with E-state index in [0.717, 1.165) is 23.3 Å². The second-order valence-corrected chi connectivity index (χ2v) is 9.96. The summed E-state index contributed by atoms with van der Waals surface area (Å²) < 4.78 is 66.8. The van der Waals surface area contributed by atoms with Crippen LogP contribution in [0.2, 0.25) is 0 Å². The summed E-state index contributed by atoms with van der Waals surface area (Å²) in [7, 11) is 2.86. The van der Waals surface area contributed by atoms with Crippen LogP contribution in [0.25, 0.3) is 0 Å². The number of benzene rings is 3. The van der Waals surface area contributed by atoms with Gasteiger partial charge in [-0.1, -0.05) is 12.1 Å². The van der Waals surface area contributed by atoms with Gasteiger partial charge in [0, 0.05) is 24.4 Å². The number of nitrogens with one attached hydrogen (secondary N) is 1. The van der Waals surface area contributed by atoms with Crippen LogP contribution in [-0.2, 0) is 22.3 Å². The number of rotatable bonds is 6. The largest absolute Gasteiger partial charge is 0.502 e. The van der Waals surface area contributed by atoms with Crippen LogP contribution >= 0.6 is 0 Å². The van der Waals surface area contributed by atoms with Crippen LogP contribution in [0, 0.1) is 11.8 Å². The summed E-state index contributed by atoms with van der Waals surface area (Å²) in [6, 6.07) is 11.7. The van der Waals surface area contributed by atoms with Crippen molar-refractivity contribution in [1.82, 2.24) is 5.32 Å². The molecule has 4 atom stereocenters. The summed E-state index contributed by atoms with van der Waals surface area (Å²) in [5.41, 5.74) is 2.27. The SMILES string of the molecule is COc1cc([C@@H]2c3cc4c(cc3[C@@H](NCc3ccc(C(F)(F)F)cc3)[C@H]3COC(=O)[C@H]23)OCO4)cc(OC)c1O. The molecule has 0 bridgehead atoms. The third kappa shape index (κ3) is 4.34. The van der Waals surface area contributed by atoms with E-state index in [9.17, 15) is 23.1 Å². The number of carbonyl (C=O) groups is 1. The molecule has 0 aromatic heterocycles. The maximum absolute atomic E-state index is 13.2. The van der Waals surface area contributed by atoms with Gasteiger partial charge in [0.15, 0.2) is 23.0 Å². The van der Waals surface area contributed by atoms with Crippen molar-refractivity contribution in [2.75, 3.05) is 27.6 Å². The highest BCUT2D eigenvalue weighted by molar-refractivity contribution is 5.79. The third-order valence-corrected chi connectivity index (χ3v) is 7.86. The lowest BCUT2D eigenvalue weighted by Crippen LogP contribution is -2.40. The number of hydrogen-bond donors (Lipinski definition) is 2. The molecule has 1 fully saturated rings. The molecule has 0 radical (unpaired) electrons. The zero-order chi connectivity index (χ0) is 28.2. The van der Waals surface area contributed by atoms with Crippen LogP contribution < -0.4 is 24.3 Å². The number of methoxy groups -OCH3 is 2. The second kappa shape index (κ2) is 9.81. The van der Waals surface area contributed by atoms with E-state index in [2.05, 4.69) is 5.32 Å². The summed E-state index contributed by atoms with van der Waals surface area (Å²) in [5.74, 6) is -0.428. The monoisotopic (exact) mass is 557 g/mol. The Morgan fingerprint density at radius 2 is 1.57 bits per heavy atom. The van der Waals surface area contributed by atoms with Gasteiger partial charge in [0.25, 0.3) is 0 Å². The van der Waals surface area contributed by atoms with Crippen molar-refractivity contribution < 1.29 is 46.8 Å². The molecule has 0 saturated carbocycles. The Bertz CT molecular complexity index is 1430. The van der Waals surface area contributed by atoms with E-state index < -0.39 is 23.6 Å². The minimum Gasteiger partial charge on any atom is -0.502 e. The van der Waals surface area contributed by atoms with Crippen molar-refractivity contribution in [3.05, 3.63) is 76.3 Å². The maximum atomic E-state index is 13.2. The van der Waals surface area contributed by atoms with Gasteiger partial charge < -0.3 is 34.1 Å². The predicted molar refractivity (Wildman–Crippen MR) is 135 cm³/mol. The molecule has 210 valence electrons. The van der Waals surface area contributed by atoms with E-state index in [1.165, 1.54) is 26.4 Å². The summed E-state index contributed by atoms with van der Waals surface area (Å²) in [6.07, 6.45) is -4.42. The van der Waals surface area contributed by atoms with Gasteiger partial charge in [-0.15, -0.1) is 0 Å². The summed E-state index contributed by atoms with van der Waals surface area (Å²) >= 11 is 0. The van der Waals surface area contributed by atoms with Crippen molar-refractivity contribution in [2.45, 2.75) is 24.7 Å². The number of aromatic hydroxyl groups is 1. The third-order valence-electron chi connectivity index (χ3n) is 7.86. The molecule has 3 aliphatic rings. The first-order valence-corrected chi connectivity index (χ1v) is 12.6. The van der Waals surface area contributed by atoms with Gasteiger partial charge >= 0.3 is 12.1 Å². The van der Waals surface area contributed by atoms with Crippen LogP contribution in [0.3, 0.4) is 0 Å². The quantitative estimate of drug-likeness (QED) is 0.413. The molecule has 8 nitrogen and oxygen atoms in total. The fourth-order valence-electron chi connectivity index (χ4n) is 5.96. The molecule has 11 heteroatoms. The minimum absolute atomic E-state index is 0.0578. The van der Waals surface area contributed by atoms with Crippen molar-refractivity contribution >= 4 is 5.97 Å². The van der Waals surface area contributed by atoms with Gasteiger partial charge in [0.2, 0.25) is 12.5 Å². The number of hydrogen-bond acceptors (Lipinski definition) is 8. The van der Waals surface area contributed by atoms with E-state index in [4.69, 9.17) is 23.7 Å². The number of phenolic OH excluding ortho intramolecular Hbond substituents is 1. The molecular weight excluding hydrogens is 531 g/mol. The number of phenols is 1. The second-order valence-electron chi connectivity index (χ2n) is 9.96. The number of ether oxygens (including phenoxy) is 5. The first-order chi connectivity index (χ1) is 19.2. The average molecular weight is 558 g/mol. The summed E-state index contributed by atoms with van der Waals surface area (Å²) in [6.45, 7) is 0.479. The molecule has 0 spiro atoms. The highest BCUT2D eigenvalue weighted by Gasteiger charge is 2.52. The highest BCUT2D eigenvalue weighted by Crippen LogP contribution is 2.55. The lowest BCUT2D eigenvalue weighted by Gasteiger charge is -2.39. The van der Waals surface area contributed by atoms with Crippen molar-refractivity contribution in [3.8, 4) is 28.7 Å². The first-order valence-electron chi connectivity index (χ1n) is 12.6. The van der Waals surface area contributed by atoms with Crippen LogP contribution in [-0.4, -0.2) is 38.7 Å². The Hall–Kier alpha value is -4.12. The molecule has 2 N–H and O–H groups in total. The van der Waals surface area contributed by atoms with E-state index in [-0.39, 0.29) is 55.1 Å². The molecule has 0 unspecified atom stereocenters. The Morgan fingerprint density at radius 1 is 0.950 bits per heavy atom. The molecule has 0 amide bonds. The summed E-state index contributed by atoms with van der Waals surface area (Å²) in [4.78, 5) is 13.2. The normalized spacial score (nSPS) is 22.9. The van der Waals surface area contributed by atoms with Gasteiger partial charge in [0.05, 0.1) is 32.3 Å². The number of cyclic esters (lactones) is 1. The molecule has 2 aliphatic heterocycles. The molecule has 3 aromatic carbocycles. The Kier molecular flexibility index (Phi) is 6.41. The van der Waals surface area contributed by atoms with Crippen LogP contribution in [0.15, 0.2) is 48.5 Å². The van der Waals surface area contributed by atoms with Crippen molar-refractivity contribution in [1.29, 1.82) is 0 Å². The number of carbonyl (C=O) groups excluding carboxylic acids is 1. The van der Waals surface area contributed by atoms with E-state index in [0.29, 0.717) is 22.6 Å². The van der Waals surface area contributed by atoms with Gasteiger partial charge in [-0.05, 0) is 58.7 Å². The molecule has 2 heterocycles. The molecular formula is C29H26F3NO7. The molecule has 6 rings (SSSR count). The Balaban J connectivity index is 1.43. The van der Waals surface area contributed by atoms with Gasteiger partial charge in [0.1, 0.15) is 0 Å². The van der Waals surface area contributed by atoms with Crippen molar-refractivity contribution in [2.24, 2.45) is 11.8 Å². The number of alkyl halides is 3. The fourth-order valence-corrected chi connectivity index (χ4v) is 5.96. The van der Waals surface area contributed by atoms with Gasteiger partial charge in [-0.2, -0.15) is 13.2 Å². The molecule has 1 aliphatic carbocycles. The fraction of sp³-hybridized carbons (Fsp3) is 0.345. The molecule has 40 heavy (non-hydrogen) atoms. The topological polar surface area (TPSA) is 95.5 Å². The first kappa shape index (κ1) is 26.1. The molecule has 3 aromatic rings. The lowest BCUT2D eigenvalue weighted by atomic mass is 9.65. The van der Waals surface area contributed by atoms with E-state index in [1.807, 2.05) is 12.1 Å². The zero-order valence-electron chi connectivity index (χ0n) is 21.6. The van der Waals surface area contributed by atoms with Crippen LogP contribution in [0.5, 0.6) is 28.7 Å². The lowest BCUT2D eigenvalue weighted by molar-refractivity contribution is -0.141. The highest BCUT2D eigenvalue weighted by atomic mass is 19.4. The van der Waals surface area contributed by atoms with Crippen LogP contribution in [0.1, 0.15) is 39.8 Å². The summed E-state index contributed by atoms with van der Waals surface area (Å²) in [5, 5.41) is 14.0. The number of esters is 1. The molecule has 1 saturated heterocycles.